The van der Waals surface area contributed by atoms with E-state index in [4.69, 9.17) is 0 Å². The van der Waals surface area contributed by atoms with Gasteiger partial charge < -0.3 is 19.5 Å². The van der Waals surface area contributed by atoms with E-state index in [1.807, 2.05) is 13.8 Å². The van der Waals surface area contributed by atoms with Crippen LogP contribution in [0.3, 0.4) is 0 Å². The highest BCUT2D eigenvalue weighted by Crippen LogP contribution is 2.27. The summed E-state index contributed by atoms with van der Waals surface area (Å²) in [5, 5.41) is 2.68. The minimum absolute atomic E-state index is 0.309. The molecule has 2 aromatic rings. The number of nitrogens with one attached hydrogen (secondary N) is 1. The molecule has 1 aliphatic rings. The number of carbonyl (C=O) groups is 1. The van der Waals surface area contributed by atoms with E-state index >= 15 is 0 Å². The zero-order chi connectivity index (χ0) is 20.5. The lowest BCUT2D eigenvalue weighted by Gasteiger charge is -2.31. The molecule has 1 fully saturated rings. The second kappa shape index (κ2) is 7.83. The average molecular weight is 396 g/mol. The molecule has 1 aliphatic heterocycles. The summed E-state index contributed by atoms with van der Waals surface area (Å²) in [4.78, 5) is 19.3. The normalized spacial score (nSPS) is 16.2. The van der Waals surface area contributed by atoms with E-state index in [1.165, 1.54) is 12.1 Å². The van der Waals surface area contributed by atoms with Crippen LogP contribution in [0.5, 0.6) is 5.75 Å². The highest BCUT2D eigenvalue weighted by molar-refractivity contribution is 6.03. The molecule has 2 heterocycles. The van der Waals surface area contributed by atoms with Gasteiger partial charge >= 0.3 is 6.36 Å². The van der Waals surface area contributed by atoms with Crippen molar-refractivity contribution < 1.29 is 22.7 Å². The first-order valence-corrected chi connectivity index (χ1v) is 9.05. The number of benzene rings is 1. The van der Waals surface area contributed by atoms with Crippen LogP contribution in [0.15, 0.2) is 24.3 Å². The Kier molecular flexibility index (Phi) is 5.64. The molecule has 1 aromatic carbocycles. The summed E-state index contributed by atoms with van der Waals surface area (Å²) in [5.41, 5.74) is 1.49. The average Bonchev–Trinajstić information content (AvgIpc) is 2.91. The number of alkyl halides is 3. The van der Waals surface area contributed by atoms with Crippen molar-refractivity contribution in [3.63, 3.8) is 0 Å². The Morgan fingerprint density at radius 1 is 1.18 bits per heavy atom. The van der Waals surface area contributed by atoms with E-state index in [0.717, 1.165) is 49.6 Å². The first kappa shape index (κ1) is 20.2. The van der Waals surface area contributed by atoms with Gasteiger partial charge in [0.2, 0.25) is 0 Å². The highest BCUT2D eigenvalue weighted by atomic mass is 19.4. The largest absolute Gasteiger partial charge is 0.573 e. The van der Waals surface area contributed by atoms with Gasteiger partial charge in [0.1, 0.15) is 17.3 Å². The summed E-state index contributed by atoms with van der Waals surface area (Å²) in [6.07, 6.45) is -2.76. The molecule has 0 saturated carbocycles. The van der Waals surface area contributed by atoms with Crippen LogP contribution in [-0.4, -0.2) is 46.9 Å². The molecule has 3 rings (SSSR count). The van der Waals surface area contributed by atoms with Crippen molar-refractivity contribution in [2.24, 2.45) is 0 Å². The van der Waals surface area contributed by atoms with Crippen LogP contribution < -0.4 is 10.1 Å². The number of amides is 1. The SMILES string of the molecule is Cc1nc(C(=O)Nc2ccc(OC(F)(F)F)cc2)c(C)n1C1CCN(C)CC1. The second-order valence-corrected chi connectivity index (χ2v) is 7.02. The van der Waals surface area contributed by atoms with Gasteiger partial charge in [-0.25, -0.2) is 4.98 Å². The van der Waals surface area contributed by atoms with Crippen LogP contribution in [-0.2, 0) is 0 Å². The molecule has 0 bridgehead atoms. The third-order valence-electron chi connectivity index (χ3n) is 4.94. The van der Waals surface area contributed by atoms with Crippen LogP contribution in [0, 0.1) is 13.8 Å². The van der Waals surface area contributed by atoms with Crippen LogP contribution in [0.2, 0.25) is 0 Å². The van der Waals surface area contributed by atoms with Gasteiger partial charge in [-0.05, 0) is 71.1 Å². The van der Waals surface area contributed by atoms with Gasteiger partial charge in [0, 0.05) is 17.4 Å². The molecule has 1 saturated heterocycles. The Morgan fingerprint density at radius 2 is 1.79 bits per heavy atom. The molecule has 1 aromatic heterocycles. The maximum atomic E-state index is 12.6. The highest BCUT2D eigenvalue weighted by Gasteiger charge is 2.31. The number of imidazole rings is 1. The standard InChI is InChI=1S/C19H23F3N4O2/c1-12-17(23-13(2)26(12)15-8-10-25(3)11-9-15)18(27)24-14-4-6-16(7-5-14)28-19(20,21)22/h4-7,15H,8-11H2,1-3H3,(H,24,27). The fourth-order valence-corrected chi connectivity index (χ4v) is 3.59. The summed E-state index contributed by atoms with van der Waals surface area (Å²) in [6, 6.07) is 5.32. The molecule has 0 spiro atoms. The fourth-order valence-electron chi connectivity index (χ4n) is 3.59. The molecule has 152 valence electrons. The molecule has 1 N–H and O–H groups in total. The van der Waals surface area contributed by atoms with Crippen LogP contribution in [0.4, 0.5) is 18.9 Å². The van der Waals surface area contributed by atoms with E-state index < -0.39 is 12.3 Å². The Morgan fingerprint density at radius 3 is 2.36 bits per heavy atom. The molecule has 28 heavy (non-hydrogen) atoms. The topological polar surface area (TPSA) is 59.4 Å². The van der Waals surface area contributed by atoms with Gasteiger partial charge in [0.25, 0.3) is 5.91 Å². The Balaban J connectivity index is 1.72. The summed E-state index contributed by atoms with van der Waals surface area (Å²) in [7, 11) is 2.09. The predicted molar refractivity (Wildman–Crippen MR) is 98.5 cm³/mol. The van der Waals surface area contributed by atoms with E-state index in [2.05, 4.69) is 31.6 Å². The van der Waals surface area contributed by atoms with Gasteiger partial charge in [-0.1, -0.05) is 0 Å². The zero-order valence-electron chi connectivity index (χ0n) is 16.0. The second-order valence-electron chi connectivity index (χ2n) is 7.02. The molecule has 0 aliphatic carbocycles. The Bertz CT molecular complexity index is 838. The first-order chi connectivity index (χ1) is 13.1. The zero-order valence-corrected chi connectivity index (χ0v) is 16.0. The first-order valence-electron chi connectivity index (χ1n) is 9.05. The maximum Gasteiger partial charge on any atom is 0.573 e. The molecule has 0 unspecified atom stereocenters. The molecule has 1 amide bonds. The summed E-state index contributed by atoms with van der Waals surface area (Å²) in [6.45, 7) is 5.74. The summed E-state index contributed by atoms with van der Waals surface area (Å²) in [5.74, 6) is 0.0481. The van der Waals surface area contributed by atoms with E-state index in [9.17, 15) is 18.0 Å². The molecule has 6 nitrogen and oxygen atoms in total. The molecular weight excluding hydrogens is 373 g/mol. The number of carbonyl (C=O) groups excluding carboxylic acids is 1. The Hall–Kier alpha value is -2.55. The number of aryl methyl sites for hydroxylation is 1. The number of anilines is 1. The molecular formula is C19H23F3N4O2. The van der Waals surface area contributed by atoms with Gasteiger partial charge in [-0.15, -0.1) is 13.2 Å². The van der Waals surface area contributed by atoms with Crippen molar-refractivity contribution in [1.82, 2.24) is 14.5 Å². The number of hydrogen-bond acceptors (Lipinski definition) is 4. The van der Waals surface area contributed by atoms with Crippen molar-refractivity contribution in [1.29, 1.82) is 0 Å². The predicted octanol–water partition coefficient (Wildman–Crippen LogP) is 3.92. The van der Waals surface area contributed by atoms with Gasteiger partial charge in [0.15, 0.2) is 0 Å². The van der Waals surface area contributed by atoms with E-state index in [0.29, 0.717) is 17.4 Å². The molecule has 0 atom stereocenters. The maximum absolute atomic E-state index is 12.6. The fraction of sp³-hybridized carbons (Fsp3) is 0.474. The summed E-state index contributed by atoms with van der Waals surface area (Å²) < 4.78 is 42.6. The number of halogens is 3. The number of rotatable bonds is 4. The third kappa shape index (κ3) is 4.64. The van der Waals surface area contributed by atoms with Gasteiger partial charge in [0.05, 0.1) is 0 Å². The van der Waals surface area contributed by atoms with Gasteiger partial charge in [-0.3, -0.25) is 4.79 Å². The lowest BCUT2D eigenvalue weighted by atomic mass is 10.0. The number of aromatic nitrogens is 2. The monoisotopic (exact) mass is 396 g/mol. The minimum Gasteiger partial charge on any atom is -0.406 e. The number of piperidine rings is 1. The number of hydrogen-bond donors (Lipinski definition) is 1. The van der Waals surface area contributed by atoms with E-state index in [1.54, 1.807) is 0 Å². The quantitative estimate of drug-likeness (QED) is 0.851. The van der Waals surface area contributed by atoms with Crippen LogP contribution in [0.1, 0.15) is 40.9 Å². The smallest absolute Gasteiger partial charge is 0.406 e. The molecule has 0 radical (unpaired) electrons. The van der Waals surface area contributed by atoms with Gasteiger partial charge in [-0.2, -0.15) is 0 Å². The number of likely N-dealkylation sites (tertiary alicyclic amines) is 1. The van der Waals surface area contributed by atoms with Crippen LogP contribution >= 0.6 is 0 Å². The third-order valence-corrected chi connectivity index (χ3v) is 4.94. The Labute approximate surface area is 161 Å². The number of ether oxygens (including phenoxy) is 1. The minimum atomic E-state index is -4.75. The van der Waals surface area contributed by atoms with Crippen molar-refractivity contribution in [2.45, 2.75) is 39.1 Å². The van der Waals surface area contributed by atoms with Crippen molar-refractivity contribution in [3.8, 4) is 5.75 Å². The van der Waals surface area contributed by atoms with Crippen molar-refractivity contribution >= 4 is 11.6 Å². The van der Waals surface area contributed by atoms with Crippen molar-refractivity contribution in [3.05, 3.63) is 41.5 Å². The van der Waals surface area contributed by atoms with Crippen LogP contribution in [0.25, 0.3) is 0 Å². The molecule has 9 heteroatoms. The number of nitrogens with zero attached hydrogens (tertiary/aromatic N) is 3. The lowest BCUT2D eigenvalue weighted by Crippen LogP contribution is -2.32. The summed E-state index contributed by atoms with van der Waals surface area (Å²) >= 11 is 0. The van der Waals surface area contributed by atoms with E-state index in [-0.39, 0.29) is 5.75 Å². The lowest BCUT2D eigenvalue weighted by molar-refractivity contribution is -0.274. The van der Waals surface area contributed by atoms with Crippen molar-refractivity contribution in [2.75, 3.05) is 25.5 Å².